The minimum Gasteiger partial charge on any atom is -0.385 e. The Labute approximate surface area is 106 Å². The van der Waals surface area contributed by atoms with E-state index in [1.807, 2.05) is 13.8 Å². The Kier molecular flexibility index (Phi) is 2.59. The van der Waals surface area contributed by atoms with Crippen LogP contribution < -0.4 is 0 Å². The SMILES string of the molecule is CC1(C)O[C@H]2[C@@H](O)C3(COC(C)(C)O3)OC[C@H]2O1. The fraction of sp³-hybridized carbons (Fsp3) is 1.00. The van der Waals surface area contributed by atoms with Gasteiger partial charge in [-0.3, -0.25) is 0 Å². The van der Waals surface area contributed by atoms with Crippen LogP contribution in [0.2, 0.25) is 0 Å². The Morgan fingerprint density at radius 1 is 1.00 bits per heavy atom. The van der Waals surface area contributed by atoms with E-state index in [0.717, 1.165) is 0 Å². The highest BCUT2D eigenvalue weighted by Crippen LogP contribution is 2.43. The van der Waals surface area contributed by atoms with Gasteiger partial charge < -0.3 is 28.8 Å². The molecule has 0 bridgehead atoms. The first-order chi connectivity index (χ1) is 8.23. The van der Waals surface area contributed by atoms with Gasteiger partial charge in [-0.1, -0.05) is 0 Å². The van der Waals surface area contributed by atoms with Crippen LogP contribution in [-0.4, -0.2) is 54.0 Å². The van der Waals surface area contributed by atoms with Crippen LogP contribution in [0.15, 0.2) is 0 Å². The lowest BCUT2D eigenvalue weighted by atomic mass is 9.97. The number of aliphatic hydroxyl groups excluding tert-OH is 1. The van der Waals surface area contributed by atoms with Gasteiger partial charge in [-0.05, 0) is 27.7 Å². The van der Waals surface area contributed by atoms with E-state index >= 15 is 0 Å². The zero-order valence-electron chi connectivity index (χ0n) is 11.1. The summed E-state index contributed by atoms with van der Waals surface area (Å²) in [7, 11) is 0. The van der Waals surface area contributed by atoms with Gasteiger partial charge in [-0.25, -0.2) is 0 Å². The first kappa shape index (κ1) is 12.8. The molecule has 0 aromatic rings. The van der Waals surface area contributed by atoms with Gasteiger partial charge in [0.15, 0.2) is 11.6 Å². The van der Waals surface area contributed by atoms with Crippen molar-refractivity contribution in [3.05, 3.63) is 0 Å². The molecule has 0 aromatic carbocycles. The van der Waals surface area contributed by atoms with Crippen molar-refractivity contribution in [3.63, 3.8) is 0 Å². The summed E-state index contributed by atoms with van der Waals surface area (Å²) >= 11 is 0. The van der Waals surface area contributed by atoms with Crippen LogP contribution >= 0.6 is 0 Å². The molecule has 104 valence electrons. The van der Waals surface area contributed by atoms with Crippen molar-refractivity contribution < 1.29 is 28.8 Å². The van der Waals surface area contributed by atoms with E-state index in [1.54, 1.807) is 13.8 Å². The predicted octanol–water partition coefficient (Wildman–Crippen LogP) is 0.377. The Bertz CT molecular complexity index is 352. The maximum absolute atomic E-state index is 10.5. The second-order valence-electron chi connectivity index (χ2n) is 6.00. The van der Waals surface area contributed by atoms with Gasteiger partial charge in [0.1, 0.15) is 24.9 Å². The molecule has 0 saturated carbocycles. The molecule has 6 heteroatoms. The van der Waals surface area contributed by atoms with Gasteiger partial charge in [0.05, 0.1) is 6.61 Å². The summed E-state index contributed by atoms with van der Waals surface area (Å²) in [5, 5.41) is 10.5. The molecule has 0 aromatic heterocycles. The highest BCUT2D eigenvalue weighted by atomic mass is 16.9. The van der Waals surface area contributed by atoms with Crippen LogP contribution in [0.4, 0.5) is 0 Å². The molecular weight excluding hydrogens is 240 g/mol. The van der Waals surface area contributed by atoms with E-state index in [2.05, 4.69) is 0 Å². The Morgan fingerprint density at radius 2 is 1.72 bits per heavy atom. The summed E-state index contributed by atoms with van der Waals surface area (Å²) in [6.07, 6.45) is -1.65. The van der Waals surface area contributed by atoms with Crippen molar-refractivity contribution >= 4 is 0 Å². The van der Waals surface area contributed by atoms with Crippen LogP contribution in [0.3, 0.4) is 0 Å². The van der Waals surface area contributed by atoms with Crippen molar-refractivity contribution in [2.45, 2.75) is 63.4 Å². The van der Waals surface area contributed by atoms with E-state index in [1.165, 1.54) is 0 Å². The Hall–Kier alpha value is -0.240. The molecule has 3 heterocycles. The lowest BCUT2D eigenvalue weighted by Gasteiger charge is -2.41. The van der Waals surface area contributed by atoms with Gasteiger partial charge in [0, 0.05) is 0 Å². The topological polar surface area (TPSA) is 66.4 Å². The highest BCUT2D eigenvalue weighted by Gasteiger charge is 2.62. The number of fused-ring (bicyclic) bond motifs is 1. The van der Waals surface area contributed by atoms with Crippen LogP contribution in [0.5, 0.6) is 0 Å². The zero-order valence-corrected chi connectivity index (χ0v) is 11.1. The molecule has 3 fully saturated rings. The van der Waals surface area contributed by atoms with E-state index in [-0.39, 0.29) is 12.7 Å². The molecule has 3 aliphatic heterocycles. The van der Waals surface area contributed by atoms with Crippen molar-refractivity contribution in [3.8, 4) is 0 Å². The number of aliphatic hydroxyl groups is 1. The molecule has 4 atom stereocenters. The maximum atomic E-state index is 10.5. The summed E-state index contributed by atoms with van der Waals surface area (Å²) in [5.74, 6) is -2.61. The van der Waals surface area contributed by atoms with Gasteiger partial charge in [0.2, 0.25) is 5.79 Å². The molecule has 0 radical (unpaired) electrons. The monoisotopic (exact) mass is 260 g/mol. The standard InChI is InChI=1S/C12H20O6/c1-10(2)15-6-12(18-10)9(13)8-7(5-14-12)16-11(3,4)17-8/h7-9,13H,5-6H2,1-4H3/t7-,8-,9-,12?/m1/s1. The third-order valence-electron chi connectivity index (χ3n) is 3.51. The van der Waals surface area contributed by atoms with E-state index in [4.69, 9.17) is 23.7 Å². The Morgan fingerprint density at radius 3 is 2.33 bits per heavy atom. The second kappa shape index (κ2) is 3.65. The minimum atomic E-state index is -1.14. The molecule has 0 aliphatic carbocycles. The molecule has 0 amide bonds. The molecular formula is C12H20O6. The van der Waals surface area contributed by atoms with Gasteiger partial charge in [-0.2, -0.15) is 0 Å². The summed E-state index contributed by atoms with van der Waals surface area (Å²) in [6.45, 7) is 7.74. The fourth-order valence-electron chi connectivity index (χ4n) is 2.78. The van der Waals surface area contributed by atoms with Gasteiger partial charge in [-0.15, -0.1) is 0 Å². The van der Waals surface area contributed by atoms with Crippen LogP contribution in [0.1, 0.15) is 27.7 Å². The molecule has 1 spiro atoms. The Balaban J connectivity index is 1.82. The van der Waals surface area contributed by atoms with Crippen molar-refractivity contribution in [1.82, 2.24) is 0 Å². The van der Waals surface area contributed by atoms with Crippen LogP contribution in [0, 0.1) is 0 Å². The average Bonchev–Trinajstić information content (AvgIpc) is 2.71. The number of hydrogen-bond acceptors (Lipinski definition) is 6. The summed E-state index contributed by atoms with van der Waals surface area (Å²) < 4.78 is 28.3. The van der Waals surface area contributed by atoms with E-state index in [0.29, 0.717) is 6.61 Å². The van der Waals surface area contributed by atoms with E-state index < -0.39 is 29.6 Å². The van der Waals surface area contributed by atoms with E-state index in [9.17, 15) is 5.11 Å². The first-order valence-electron chi connectivity index (χ1n) is 6.25. The first-order valence-corrected chi connectivity index (χ1v) is 6.25. The number of ether oxygens (including phenoxy) is 5. The number of hydrogen-bond donors (Lipinski definition) is 1. The summed E-state index contributed by atoms with van der Waals surface area (Å²) in [4.78, 5) is 0. The van der Waals surface area contributed by atoms with Crippen molar-refractivity contribution in [1.29, 1.82) is 0 Å². The largest absolute Gasteiger partial charge is 0.385 e. The molecule has 3 aliphatic rings. The third kappa shape index (κ3) is 1.88. The van der Waals surface area contributed by atoms with Gasteiger partial charge in [0.25, 0.3) is 0 Å². The normalized spacial score (nSPS) is 49.5. The predicted molar refractivity (Wildman–Crippen MR) is 59.6 cm³/mol. The highest BCUT2D eigenvalue weighted by molar-refractivity contribution is 5.00. The molecule has 3 saturated heterocycles. The third-order valence-corrected chi connectivity index (χ3v) is 3.51. The zero-order chi connectivity index (χ0) is 13.2. The molecule has 1 unspecified atom stereocenters. The summed E-state index contributed by atoms with van der Waals surface area (Å²) in [5.41, 5.74) is 0. The molecule has 3 rings (SSSR count). The van der Waals surface area contributed by atoms with Gasteiger partial charge >= 0.3 is 0 Å². The maximum Gasteiger partial charge on any atom is 0.224 e. The van der Waals surface area contributed by atoms with Crippen molar-refractivity contribution in [2.24, 2.45) is 0 Å². The average molecular weight is 260 g/mol. The summed E-state index contributed by atoms with van der Waals surface area (Å²) in [6, 6.07) is 0. The molecule has 1 N–H and O–H groups in total. The quantitative estimate of drug-likeness (QED) is 0.679. The molecule has 18 heavy (non-hydrogen) atoms. The minimum absolute atomic E-state index is 0.189. The molecule has 6 nitrogen and oxygen atoms in total. The smallest absolute Gasteiger partial charge is 0.224 e. The lowest BCUT2D eigenvalue weighted by molar-refractivity contribution is -0.326. The van der Waals surface area contributed by atoms with Crippen LogP contribution in [0.25, 0.3) is 0 Å². The number of rotatable bonds is 0. The van der Waals surface area contributed by atoms with Crippen LogP contribution in [-0.2, 0) is 23.7 Å². The lowest BCUT2D eigenvalue weighted by Crippen LogP contribution is -2.61. The van der Waals surface area contributed by atoms with Crippen molar-refractivity contribution in [2.75, 3.05) is 13.2 Å². The fourth-order valence-corrected chi connectivity index (χ4v) is 2.78. The second-order valence-corrected chi connectivity index (χ2v) is 6.00.